The lowest BCUT2D eigenvalue weighted by molar-refractivity contribution is -0.134. The molecule has 3 heteroatoms. The Labute approximate surface area is 99.6 Å². The van der Waals surface area contributed by atoms with E-state index in [0.29, 0.717) is 18.4 Å². The highest BCUT2D eigenvalue weighted by atomic mass is 16.2. The minimum Gasteiger partial charge on any atom is -0.340 e. The van der Waals surface area contributed by atoms with Crippen molar-refractivity contribution in [1.29, 1.82) is 0 Å². The highest BCUT2D eigenvalue weighted by Crippen LogP contribution is 2.17. The van der Waals surface area contributed by atoms with E-state index in [4.69, 9.17) is 0 Å². The first kappa shape index (κ1) is 13.5. The molecule has 0 aliphatic carbocycles. The number of piperidine rings is 1. The van der Waals surface area contributed by atoms with E-state index in [2.05, 4.69) is 33.0 Å². The van der Waals surface area contributed by atoms with E-state index in [1.165, 1.54) is 19.3 Å². The minimum absolute atomic E-state index is 0.105. The van der Waals surface area contributed by atoms with Crippen molar-refractivity contribution in [2.24, 2.45) is 0 Å². The van der Waals surface area contributed by atoms with Crippen molar-refractivity contribution in [2.45, 2.75) is 65.0 Å². The standard InChI is InChI=1S/C13H26N2O/c1-11-7-5-6-10-15(11)12(16)8-9-14-13(2,3)4/h11,14H,5-10H2,1-4H3. The zero-order chi connectivity index (χ0) is 12.2. The van der Waals surface area contributed by atoms with Gasteiger partial charge in [-0.25, -0.2) is 0 Å². The van der Waals surface area contributed by atoms with Crippen LogP contribution in [-0.4, -0.2) is 35.5 Å². The molecule has 0 radical (unpaired) electrons. The van der Waals surface area contributed by atoms with Crippen LogP contribution in [-0.2, 0) is 4.79 Å². The number of nitrogens with zero attached hydrogens (tertiary/aromatic N) is 1. The van der Waals surface area contributed by atoms with E-state index < -0.39 is 0 Å². The number of rotatable bonds is 3. The number of nitrogens with one attached hydrogen (secondary N) is 1. The molecule has 1 amide bonds. The van der Waals surface area contributed by atoms with Crippen molar-refractivity contribution < 1.29 is 4.79 Å². The Hall–Kier alpha value is -0.570. The predicted octanol–water partition coefficient (Wildman–Crippen LogP) is 2.17. The predicted molar refractivity (Wildman–Crippen MR) is 67.4 cm³/mol. The van der Waals surface area contributed by atoms with Crippen LogP contribution in [0.5, 0.6) is 0 Å². The molecule has 1 saturated heterocycles. The first-order valence-electron chi connectivity index (χ1n) is 6.44. The van der Waals surface area contributed by atoms with Gasteiger partial charge in [0.1, 0.15) is 0 Å². The Kier molecular flexibility index (Phi) is 4.78. The molecule has 0 saturated carbocycles. The minimum atomic E-state index is 0.105. The summed E-state index contributed by atoms with van der Waals surface area (Å²) < 4.78 is 0. The fourth-order valence-electron chi connectivity index (χ4n) is 2.16. The van der Waals surface area contributed by atoms with Gasteiger partial charge in [-0.05, 0) is 47.0 Å². The lowest BCUT2D eigenvalue weighted by Gasteiger charge is -2.33. The molecule has 1 aliphatic heterocycles. The van der Waals surface area contributed by atoms with Crippen molar-refractivity contribution in [3.8, 4) is 0 Å². The fourth-order valence-corrected chi connectivity index (χ4v) is 2.16. The van der Waals surface area contributed by atoms with Gasteiger partial charge in [0.2, 0.25) is 5.91 Å². The number of likely N-dealkylation sites (tertiary alicyclic amines) is 1. The average Bonchev–Trinajstić information content (AvgIpc) is 2.16. The smallest absolute Gasteiger partial charge is 0.224 e. The van der Waals surface area contributed by atoms with E-state index in [1.807, 2.05) is 4.90 Å². The normalized spacial score (nSPS) is 22.2. The summed E-state index contributed by atoms with van der Waals surface area (Å²) >= 11 is 0. The molecule has 0 bridgehead atoms. The summed E-state index contributed by atoms with van der Waals surface area (Å²) in [6.07, 6.45) is 4.23. The number of carbonyl (C=O) groups excluding carboxylic acids is 1. The molecular weight excluding hydrogens is 200 g/mol. The lowest BCUT2D eigenvalue weighted by atomic mass is 10.0. The zero-order valence-corrected chi connectivity index (χ0v) is 11.2. The SMILES string of the molecule is CC1CCCCN1C(=O)CCNC(C)(C)C. The van der Waals surface area contributed by atoms with Gasteiger partial charge in [-0.3, -0.25) is 4.79 Å². The van der Waals surface area contributed by atoms with Crippen LogP contribution in [0.15, 0.2) is 0 Å². The molecule has 0 aromatic rings. The molecule has 0 spiro atoms. The van der Waals surface area contributed by atoms with Gasteiger partial charge in [0.05, 0.1) is 0 Å². The summed E-state index contributed by atoms with van der Waals surface area (Å²) in [6.45, 7) is 10.3. The first-order valence-corrected chi connectivity index (χ1v) is 6.44. The largest absolute Gasteiger partial charge is 0.340 e. The molecule has 1 fully saturated rings. The van der Waals surface area contributed by atoms with Gasteiger partial charge in [-0.1, -0.05) is 0 Å². The Morgan fingerprint density at radius 3 is 2.62 bits per heavy atom. The fraction of sp³-hybridized carbons (Fsp3) is 0.923. The maximum absolute atomic E-state index is 12.0. The molecule has 1 heterocycles. The van der Waals surface area contributed by atoms with Crippen molar-refractivity contribution in [3.05, 3.63) is 0 Å². The second kappa shape index (κ2) is 5.67. The third-order valence-electron chi connectivity index (χ3n) is 3.12. The van der Waals surface area contributed by atoms with E-state index >= 15 is 0 Å². The van der Waals surface area contributed by atoms with Crippen LogP contribution < -0.4 is 5.32 Å². The van der Waals surface area contributed by atoms with Crippen LogP contribution in [0.4, 0.5) is 0 Å². The maximum Gasteiger partial charge on any atom is 0.224 e. The number of amides is 1. The van der Waals surface area contributed by atoms with Gasteiger partial charge in [0.15, 0.2) is 0 Å². The molecule has 1 N–H and O–H groups in total. The summed E-state index contributed by atoms with van der Waals surface area (Å²) in [5.74, 6) is 0.309. The van der Waals surface area contributed by atoms with Crippen LogP contribution in [0.3, 0.4) is 0 Å². The summed E-state index contributed by atoms with van der Waals surface area (Å²) in [6, 6.07) is 0.441. The molecule has 1 unspecified atom stereocenters. The van der Waals surface area contributed by atoms with Gasteiger partial charge in [-0.2, -0.15) is 0 Å². The summed E-state index contributed by atoms with van der Waals surface area (Å²) in [7, 11) is 0. The summed E-state index contributed by atoms with van der Waals surface area (Å²) in [4.78, 5) is 14.0. The molecule has 0 aromatic carbocycles. The summed E-state index contributed by atoms with van der Waals surface area (Å²) in [5.41, 5.74) is 0.105. The second-order valence-electron chi connectivity index (χ2n) is 5.86. The van der Waals surface area contributed by atoms with Crippen molar-refractivity contribution in [3.63, 3.8) is 0 Å². The molecule has 16 heavy (non-hydrogen) atoms. The Morgan fingerprint density at radius 2 is 2.06 bits per heavy atom. The maximum atomic E-state index is 12.0. The van der Waals surface area contributed by atoms with Crippen molar-refractivity contribution in [2.75, 3.05) is 13.1 Å². The van der Waals surface area contributed by atoms with Gasteiger partial charge < -0.3 is 10.2 Å². The van der Waals surface area contributed by atoms with E-state index in [1.54, 1.807) is 0 Å². The molecule has 3 nitrogen and oxygen atoms in total. The third kappa shape index (κ3) is 4.52. The first-order chi connectivity index (χ1) is 7.40. The van der Waals surface area contributed by atoms with Crippen molar-refractivity contribution in [1.82, 2.24) is 10.2 Å². The van der Waals surface area contributed by atoms with Gasteiger partial charge >= 0.3 is 0 Å². The monoisotopic (exact) mass is 226 g/mol. The molecule has 1 atom stereocenters. The average molecular weight is 226 g/mol. The van der Waals surface area contributed by atoms with E-state index in [0.717, 1.165) is 13.1 Å². The Bertz CT molecular complexity index is 233. The van der Waals surface area contributed by atoms with Crippen LogP contribution in [0.1, 0.15) is 53.4 Å². The molecule has 94 valence electrons. The highest BCUT2D eigenvalue weighted by Gasteiger charge is 2.22. The number of carbonyl (C=O) groups is 1. The topological polar surface area (TPSA) is 32.3 Å². The lowest BCUT2D eigenvalue weighted by Crippen LogP contribution is -2.44. The molecule has 1 rings (SSSR count). The Balaban J connectivity index is 2.29. The van der Waals surface area contributed by atoms with Crippen molar-refractivity contribution >= 4 is 5.91 Å². The molecule has 0 aromatic heterocycles. The van der Waals surface area contributed by atoms with Gasteiger partial charge in [0.25, 0.3) is 0 Å². The van der Waals surface area contributed by atoms with E-state index in [9.17, 15) is 4.79 Å². The molecule has 1 aliphatic rings. The van der Waals surface area contributed by atoms with Crippen LogP contribution in [0.25, 0.3) is 0 Å². The Morgan fingerprint density at radius 1 is 1.38 bits per heavy atom. The van der Waals surface area contributed by atoms with Crippen LogP contribution in [0.2, 0.25) is 0 Å². The quantitative estimate of drug-likeness (QED) is 0.800. The summed E-state index contributed by atoms with van der Waals surface area (Å²) in [5, 5.41) is 3.36. The second-order valence-corrected chi connectivity index (χ2v) is 5.86. The van der Waals surface area contributed by atoms with Crippen LogP contribution >= 0.6 is 0 Å². The zero-order valence-electron chi connectivity index (χ0n) is 11.2. The van der Waals surface area contributed by atoms with E-state index in [-0.39, 0.29) is 5.54 Å². The highest BCUT2D eigenvalue weighted by molar-refractivity contribution is 5.76. The number of hydrogen-bond acceptors (Lipinski definition) is 2. The van der Waals surface area contributed by atoms with Gasteiger partial charge in [0, 0.05) is 31.1 Å². The van der Waals surface area contributed by atoms with Gasteiger partial charge in [-0.15, -0.1) is 0 Å². The number of hydrogen-bond donors (Lipinski definition) is 1. The van der Waals surface area contributed by atoms with Crippen LogP contribution in [0, 0.1) is 0 Å². The third-order valence-corrected chi connectivity index (χ3v) is 3.12. The molecular formula is C13H26N2O.